The summed E-state index contributed by atoms with van der Waals surface area (Å²) in [6.45, 7) is 0.250. The van der Waals surface area contributed by atoms with Crippen LogP contribution in [0.25, 0.3) is 0 Å². The molecule has 1 aliphatic heterocycles. The topological polar surface area (TPSA) is 84.9 Å². The van der Waals surface area contributed by atoms with Crippen molar-refractivity contribution in [3.8, 4) is 5.75 Å². The van der Waals surface area contributed by atoms with Gasteiger partial charge in [0.1, 0.15) is 22.3 Å². The highest BCUT2D eigenvalue weighted by atomic mass is 35.5. The number of nitrogens with zero attached hydrogens (tertiary/aromatic N) is 1. The van der Waals surface area contributed by atoms with Gasteiger partial charge in [0.15, 0.2) is 6.61 Å². The standard InChI is InChI=1S/C18H17ClF2N2O5S/c19-12-1-4-16(17(9-12)29(25,26)23-5-7-27-8-6-23)28-11-18(24)22-15-10-13(20)2-3-14(15)21/h1-4,9-10H,5-8,11H2,(H,22,24). The fourth-order valence-corrected chi connectivity index (χ4v) is 4.45. The SMILES string of the molecule is O=C(COc1ccc(Cl)cc1S(=O)(=O)N1CCOCC1)Nc1cc(F)ccc1F. The molecule has 0 atom stereocenters. The lowest BCUT2D eigenvalue weighted by Gasteiger charge is -2.26. The van der Waals surface area contributed by atoms with Crippen molar-refractivity contribution in [1.82, 2.24) is 4.31 Å². The van der Waals surface area contributed by atoms with Crippen LogP contribution in [0.3, 0.4) is 0 Å². The van der Waals surface area contributed by atoms with Gasteiger partial charge in [0.25, 0.3) is 5.91 Å². The van der Waals surface area contributed by atoms with Gasteiger partial charge in [-0.05, 0) is 30.3 Å². The van der Waals surface area contributed by atoms with Gasteiger partial charge in [0, 0.05) is 24.2 Å². The van der Waals surface area contributed by atoms with E-state index in [2.05, 4.69) is 5.32 Å². The predicted octanol–water partition coefficient (Wildman–Crippen LogP) is 2.66. The van der Waals surface area contributed by atoms with Gasteiger partial charge in [-0.25, -0.2) is 17.2 Å². The Hall–Kier alpha value is -2.27. The van der Waals surface area contributed by atoms with Gasteiger partial charge >= 0.3 is 0 Å². The Balaban J connectivity index is 1.76. The lowest BCUT2D eigenvalue weighted by molar-refractivity contribution is -0.118. The van der Waals surface area contributed by atoms with Crippen LogP contribution in [-0.2, 0) is 19.6 Å². The van der Waals surface area contributed by atoms with Gasteiger partial charge in [0.05, 0.1) is 18.9 Å². The maximum Gasteiger partial charge on any atom is 0.262 e. The van der Waals surface area contributed by atoms with Crippen LogP contribution in [-0.4, -0.2) is 51.5 Å². The maximum atomic E-state index is 13.6. The van der Waals surface area contributed by atoms with Crippen LogP contribution in [0.2, 0.25) is 5.02 Å². The van der Waals surface area contributed by atoms with Crippen molar-refractivity contribution < 1.29 is 31.5 Å². The van der Waals surface area contributed by atoms with Crippen molar-refractivity contribution in [2.75, 3.05) is 38.2 Å². The molecular weight excluding hydrogens is 430 g/mol. The van der Waals surface area contributed by atoms with E-state index in [1.807, 2.05) is 0 Å². The molecule has 0 aromatic heterocycles. The average Bonchev–Trinajstić information content (AvgIpc) is 2.70. The number of ether oxygens (including phenoxy) is 2. The van der Waals surface area contributed by atoms with Crippen LogP contribution >= 0.6 is 11.6 Å². The first-order chi connectivity index (χ1) is 13.8. The van der Waals surface area contributed by atoms with E-state index in [0.29, 0.717) is 0 Å². The molecule has 0 aliphatic carbocycles. The molecule has 1 amide bonds. The fourth-order valence-electron chi connectivity index (χ4n) is 2.65. The number of rotatable bonds is 6. The van der Waals surface area contributed by atoms with Crippen molar-refractivity contribution in [3.63, 3.8) is 0 Å². The van der Waals surface area contributed by atoms with Crippen molar-refractivity contribution in [3.05, 3.63) is 53.1 Å². The van der Waals surface area contributed by atoms with E-state index >= 15 is 0 Å². The molecule has 156 valence electrons. The first-order valence-electron chi connectivity index (χ1n) is 8.52. The van der Waals surface area contributed by atoms with E-state index in [0.717, 1.165) is 18.2 Å². The number of hydrogen-bond donors (Lipinski definition) is 1. The molecule has 1 fully saturated rings. The Morgan fingerprint density at radius 3 is 2.62 bits per heavy atom. The Labute approximate surface area is 171 Å². The summed E-state index contributed by atoms with van der Waals surface area (Å²) in [7, 11) is -3.93. The second-order valence-electron chi connectivity index (χ2n) is 6.07. The van der Waals surface area contributed by atoms with E-state index in [1.54, 1.807) is 0 Å². The number of anilines is 1. The average molecular weight is 447 g/mol. The molecule has 0 radical (unpaired) electrons. The number of amides is 1. The number of halogens is 3. The van der Waals surface area contributed by atoms with Crippen LogP contribution in [0.1, 0.15) is 0 Å². The highest BCUT2D eigenvalue weighted by Gasteiger charge is 2.29. The Morgan fingerprint density at radius 2 is 1.90 bits per heavy atom. The summed E-state index contributed by atoms with van der Waals surface area (Å²) in [5.74, 6) is -2.42. The van der Waals surface area contributed by atoms with Crippen LogP contribution in [0.15, 0.2) is 41.3 Å². The Morgan fingerprint density at radius 1 is 1.17 bits per heavy atom. The summed E-state index contributed by atoms with van der Waals surface area (Å²) in [5, 5.41) is 2.35. The molecule has 2 aromatic carbocycles. The Kier molecular flexibility index (Phi) is 6.68. The number of hydrogen-bond acceptors (Lipinski definition) is 5. The molecule has 0 saturated carbocycles. The quantitative estimate of drug-likeness (QED) is 0.737. The lowest BCUT2D eigenvalue weighted by Crippen LogP contribution is -2.40. The largest absolute Gasteiger partial charge is 0.482 e. The molecule has 0 unspecified atom stereocenters. The third-order valence-electron chi connectivity index (χ3n) is 4.05. The lowest BCUT2D eigenvalue weighted by atomic mass is 10.3. The summed E-state index contributed by atoms with van der Waals surface area (Å²) >= 11 is 5.94. The summed E-state index contributed by atoms with van der Waals surface area (Å²) in [6.07, 6.45) is 0. The van der Waals surface area contributed by atoms with Gasteiger partial charge in [0.2, 0.25) is 10.0 Å². The second-order valence-corrected chi connectivity index (χ2v) is 8.41. The summed E-state index contributed by atoms with van der Waals surface area (Å²) in [5.41, 5.74) is -0.351. The molecule has 7 nitrogen and oxygen atoms in total. The van der Waals surface area contributed by atoms with Crippen molar-refractivity contribution in [2.45, 2.75) is 4.90 Å². The smallest absolute Gasteiger partial charge is 0.262 e. The molecule has 1 aliphatic rings. The van der Waals surface area contributed by atoms with E-state index in [1.165, 1.54) is 22.5 Å². The van der Waals surface area contributed by atoms with Crippen LogP contribution in [0.4, 0.5) is 14.5 Å². The molecule has 2 aromatic rings. The number of morpholine rings is 1. The van der Waals surface area contributed by atoms with Crippen LogP contribution in [0.5, 0.6) is 5.75 Å². The molecule has 0 bridgehead atoms. The van der Waals surface area contributed by atoms with Crippen molar-refractivity contribution in [1.29, 1.82) is 0 Å². The van der Waals surface area contributed by atoms with Gasteiger partial charge < -0.3 is 14.8 Å². The zero-order valence-corrected chi connectivity index (χ0v) is 16.6. The summed E-state index contributed by atoms with van der Waals surface area (Å²) in [6, 6.07) is 6.58. The van der Waals surface area contributed by atoms with Gasteiger partial charge in [-0.3, -0.25) is 4.79 Å². The fraction of sp³-hybridized carbons (Fsp3) is 0.278. The van der Waals surface area contributed by atoms with Crippen LogP contribution < -0.4 is 10.1 Å². The zero-order valence-electron chi connectivity index (χ0n) is 15.0. The third kappa shape index (κ3) is 5.21. The van der Waals surface area contributed by atoms with Gasteiger partial charge in [-0.2, -0.15) is 4.31 Å². The molecular formula is C18H17ClF2N2O5S. The number of benzene rings is 2. The molecule has 1 saturated heterocycles. The maximum absolute atomic E-state index is 13.6. The Bertz CT molecular complexity index is 1010. The molecule has 1 heterocycles. The third-order valence-corrected chi connectivity index (χ3v) is 6.21. The number of carbonyl (C=O) groups is 1. The van der Waals surface area contributed by atoms with E-state index < -0.39 is 34.2 Å². The second kappa shape index (κ2) is 9.04. The highest BCUT2D eigenvalue weighted by Crippen LogP contribution is 2.30. The van der Waals surface area contributed by atoms with E-state index in [4.69, 9.17) is 21.1 Å². The highest BCUT2D eigenvalue weighted by molar-refractivity contribution is 7.89. The normalized spacial score (nSPS) is 15.1. The molecule has 29 heavy (non-hydrogen) atoms. The van der Waals surface area contributed by atoms with E-state index in [9.17, 15) is 22.0 Å². The predicted molar refractivity (Wildman–Crippen MR) is 102 cm³/mol. The minimum Gasteiger partial charge on any atom is -0.482 e. The van der Waals surface area contributed by atoms with Crippen molar-refractivity contribution >= 4 is 33.2 Å². The van der Waals surface area contributed by atoms with Crippen molar-refractivity contribution in [2.24, 2.45) is 0 Å². The molecule has 1 N–H and O–H groups in total. The van der Waals surface area contributed by atoms with Gasteiger partial charge in [-0.1, -0.05) is 11.6 Å². The number of sulfonamides is 1. The molecule has 0 spiro atoms. The zero-order chi connectivity index (χ0) is 21.0. The number of nitrogens with one attached hydrogen (secondary N) is 1. The van der Waals surface area contributed by atoms with Crippen LogP contribution in [0, 0.1) is 11.6 Å². The number of carbonyl (C=O) groups excluding carboxylic acids is 1. The molecule has 3 rings (SSSR count). The minimum atomic E-state index is -3.93. The monoisotopic (exact) mass is 446 g/mol. The first kappa shape index (κ1) is 21.4. The van der Waals surface area contributed by atoms with E-state index in [-0.39, 0.29) is 47.7 Å². The first-order valence-corrected chi connectivity index (χ1v) is 10.3. The van der Waals surface area contributed by atoms with Gasteiger partial charge in [-0.15, -0.1) is 0 Å². The summed E-state index contributed by atoms with van der Waals surface area (Å²) in [4.78, 5) is 11.9. The minimum absolute atomic E-state index is 0.0873. The summed E-state index contributed by atoms with van der Waals surface area (Å²) < 4.78 is 64.4. The molecule has 11 heteroatoms.